The van der Waals surface area contributed by atoms with Crippen LogP contribution in [0.25, 0.3) is 0 Å². The Bertz CT molecular complexity index is 717. The Morgan fingerprint density at radius 2 is 2.19 bits per heavy atom. The van der Waals surface area contributed by atoms with E-state index in [0.29, 0.717) is 28.5 Å². The van der Waals surface area contributed by atoms with Gasteiger partial charge < -0.3 is 5.11 Å². The predicted molar refractivity (Wildman–Crippen MR) is 75.2 cm³/mol. The van der Waals surface area contributed by atoms with Crippen LogP contribution in [-0.4, -0.2) is 21.0 Å². The fourth-order valence-electron chi connectivity index (χ4n) is 2.19. The molecule has 1 saturated carbocycles. The monoisotopic (exact) mass is 306 g/mol. The molecule has 0 aliphatic heterocycles. The van der Waals surface area contributed by atoms with Gasteiger partial charge in [0.2, 0.25) is 0 Å². The fraction of sp³-hybridized carbons (Fsp3) is 0.267. The molecule has 0 amide bonds. The van der Waals surface area contributed by atoms with Crippen molar-refractivity contribution in [1.82, 2.24) is 9.97 Å². The number of nitrogens with zero attached hydrogens (tertiary/aromatic N) is 2. The first kappa shape index (κ1) is 13.9. The molecule has 4 nitrogen and oxygen atoms in total. The predicted octanol–water partition coefficient (Wildman–Crippen LogP) is 3.44. The molecule has 1 aliphatic rings. The Labute approximate surface area is 125 Å². The molecule has 3 rings (SSSR count). The smallest absolute Gasteiger partial charge is 0.339 e. The van der Waals surface area contributed by atoms with E-state index in [9.17, 15) is 9.18 Å². The van der Waals surface area contributed by atoms with Crippen LogP contribution >= 0.6 is 11.6 Å². The average Bonchev–Trinajstić information content (AvgIpc) is 3.26. The number of rotatable bonds is 4. The molecule has 1 aromatic heterocycles. The number of benzene rings is 1. The van der Waals surface area contributed by atoms with Crippen molar-refractivity contribution >= 4 is 17.6 Å². The summed E-state index contributed by atoms with van der Waals surface area (Å²) in [4.78, 5) is 19.6. The van der Waals surface area contributed by atoms with Crippen LogP contribution in [-0.2, 0) is 6.42 Å². The molecule has 0 unspecified atom stereocenters. The van der Waals surface area contributed by atoms with E-state index in [-0.39, 0.29) is 11.5 Å². The minimum atomic E-state index is -1.01. The van der Waals surface area contributed by atoms with Crippen LogP contribution in [0.5, 0.6) is 0 Å². The molecule has 21 heavy (non-hydrogen) atoms. The summed E-state index contributed by atoms with van der Waals surface area (Å²) in [5, 5.41) is 9.47. The van der Waals surface area contributed by atoms with E-state index in [0.717, 1.165) is 12.8 Å². The molecule has 1 aliphatic carbocycles. The van der Waals surface area contributed by atoms with Gasteiger partial charge in [-0.25, -0.2) is 19.2 Å². The number of aromatic nitrogens is 2. The molecule has 1 N–H and O–H groups in total. The molecule has 1 heterocycles. The normalized spacial score (nSPS) is 14.2. The lowest BCUT2D eigenvalue weighted by Gasteiger charge is -2.07. The zero-order valence-corrected chi connectivity index (χ0v) is 11.8. The van der Waals surface area contributed by atoms with Crippen molar-refractivity contribution in [3.05, 3.63) is 57.9 Å². The highest BCUT2D eigenvalue weighted by Gasteiger charge is 2.30. The first-order valence-electron chi connectivity index (χ1n) is 6.57. The minimum Gasteiger partial charge on any atom is -0.478 e. The van der Waals surface area contributed by atoms with Crippen molar-refractivity contribution in [2.75, 3.05) is 0 Å². The minimum absolute atomic E-state index is 0.159. The van der Waals surface area contributed by atoms with Gasteiger partial charge in [-0.1, -0.05) is 17.7 Å². The lowest BCUT2D eigenvalue weighted by atomic mass is 10.1. The molecule has 108 valence electrons. The summed E-state index contributed by atoms with van der Waals surface area (Å²) in [7, 11) is 0. The first-order valence-corrected chi connectivity index (χ1v) is 6.95. The summed E-state index contributed by atoms with van der Waals surface area (Å²) < 4.78 is 13.0. The number of carbonyl (C=O) groups is 1. The molecule has 2 aromatic rings. The van der Waals surface area contributed by atoms with E-state index in [1.807, 2.05) is 0 Å². The highest BCUT2D eigenvalue weighted by atomic mass is 35.5. The second-order valence-corrected chi connectivity index (χ2v) is 5.48. The van der Waals surface area contributed by atoms with E-state index < -0.39 is 11.8 Å². The fourth-order valence-corrected chi connectivity index (χ4v) is 2.42. The Kier molecular flexibility index (Phi) is 3.59. The molecule has 0 saturated heterocycles. The van der Waals surface area contributed by atoms with Crippen LogP contribution in [0.3, 0.4) is 0 Å². The number of hydrogen-bond donors (Lipinski definition) is 1. The van der Waals surface area contributed by atoms with Crippen molar-refractivity contribution in [2.24, 2.45) is 0 Å². The van der Waals surface area contributed by atoms with Gasteiger partial charge >= 0.3 is 5.97 Å². The maximum absolute atomic E-state index is 13.0. The lowest BCUT2D eigenvalue weighted by Crippen LogP contribution is -2.09. The quantitative estimate of drug-likeness (QED) is 0.940. The zero-order valence-electron chi connectivity index (χ0n) is 11.0. The molecule has 0 bridgehead atoms. The van der Waals surface area contributed by atoms with Gasteiger partial charge in [-0.3, -0.25) is 0 Å². The lowest BCUT2D eigenvalue weighted by molar-refractivity contribution is 0.0694. The Balaban J connectivity index is 1.92. The molecule has 1 aromatic carbocycles. The summed E-state index contributed by atoms with van der Waals surface area (Å²) >= 11 is 5.99. The topological polar surface area (TPSA) is 63.1 Å². The van der Waals surface area contributed by atoms with Gasteiger partial charge in [0.05, 0.1) is 11.3 Å². The highest BCUT2D eigenvalue weighted by Crippen LogP contribution is 2.40. The van der Waals surface area contributed by atoms with Crippen molar-refractivity contribution in [1.29, 1.82) is 0 Å². The van der Waals surface area contributed by atoms with E-state index in [2.05, 4.69) is 9.97 Å². The van der Waals surface area contributed by atoms with Crippen LogP contribution in [0, 0.1) is 5.82 Å². The van der Waals surface area contributed by atoms with Crippen molar-refractivity contribution in [3.8, 4) is 0 Å². The van der Waals surface area contributed by atoms with Gasteiger partial charge in [0.25, 0.3) is 0 Å². The summed E-state index contributed by atoms with van der Waals surface area (Å²) in [5.41, 5.74) is 1.46. The van der Waals surface area contributed by atoms with Crippen LogP contribution in [0.1, 0.15) is 46.2 Å². The maximum atomic E-state index is 13.0. The highest BCUT2D eigenvalue weighted by molar-refractivity contribution is 6.31. The van der Waals surface area contributed by atoms with Crippen LogP contribution in [0.2, 0.25) is 5.02 Å². The number of hydrogen-bond acceptors (Lipinski definition) is 3. The van der Waals surface area contributed by atoms with Crippen molar-refractivity contribution in [2.45, 2.75) is 25.2 Å². The second-order valence-electron chi connectivity index (χ2n) is 5.08. The summed E-state index contributed by atoms with van der Waals surface area (Å²) in [6, 6.07) is 4.15. The van der Waals surface area contributed by atoms with Crippen LogP contribution in [0.4, 0.5) is 4.39 Å². The summed E-state index contributed by atoms with van der Waals surface area (Å²) in [6.45, 7) is 0. The molecule has 0 spiro atoms. The van der Waals surface area contributed by atoms with E-state index in [1.165, 1.54) is 18.3 Å². The third kappa shape index (κ3) is 3.03. The average molecular weight is 307 g/mol. The van der Waals surface area contributed by atoms with Crippen LogP contribution in [0.15, 0.2) is 24.4 Å². The Hall–Kier alpha value is -2.01. The molecule has 6 heteroatoms. The van der Waals surface area contributed by atoms with Gasteiger partial charge in [-0.2, -0.15) is 0 Å². The van der Waals surface area contributed by atoms with Crippen LogP contribution < -0.4 is 0 Å². The van der Waals surface area contributed by atoms with E-state index >= 15 is 0 Å². The number of aromatic carboxylic acids is 1. The summed E-state index contributed by atoms with van der Waals surface area (Å²) in [5.74, 6) is -0.704. The zero-order chi connectivity index (χ0) is 15.0. The number of halogens is 2. The number of carboxylic acid groups (broad SMARTS) is 1. The van der Waals surface area contributed by atoms with E-state index in [4.69, 9.17) is 16.7 Å². The van der Waals surface area contributed by atoms with Crippen molar-refractivity contribution in [3.63, 3.8) is 0 Å². The molecule has 0 radical (unpaired) electrons. The molecule has 0 atom stereocenters. The third-order valence-corrected chi connectivity index (χ3v) is 3.78. The van der Waals surface area contributed by atoms with Gasteiger partial charge in [0, 0.05) is 23.6 Å². The standard InChI is InChI=1S/C15H12ClFN2O2/c16-12-6-10(17)4-3-9(12)5-13-18-7-11(15(20)21)14(19-13)8-1-2-8/h3-4,6-8H,1-2,5H2,(H,20,21). The second kappa shape index (κ2) is 5.41. The van der Waals surface area contributed by atoms with Gasteiger partial charge in [0.1, 0.15) is 11.6 Å². The third-order valence-electron chi connectivity index (χ3n) is 3.43. The Morgan fingerprint density at radius 1 is 1.43 bits per heavy atom. The van der Waals surface area contributed by atoms with Gasteiger partial charge in [-0.05, 0) is 30.5 Å². The van der Waals surface area contributed by atoms with E-state index in [1.54, 1.807) is 6.07 Å². The largest absolute Gasteiger partial charge is 0.478 e. The van der Waals surface area contributed by atoms with Crippen molar-refractivity contribution < 1.29 is 14.3 Å². The Morgan fingerprint density at radius 3 is 2.81 bits per heavy atom. The van der Waals surface area contributed by atoms with Gasteiger partial charge in [-0.15, -0.1) is 0 Å². The molecule has 1 fully saturated rings. The first-order chi connectivity index (χ1) is 10.0. The SMILES string of the molecule is O=C(O)c1cnc(Cc2ccc(F)cc2Cl)nc1C1CC1. The maximum Gasteiger partial charge on any atom is 0.339 e. The molecular weight excluding hydrogens is 295 g/mol. The molecular formula is C15H12ClFN2O2. The summed E-state index contributed by atoms with van der Waals surface area (Å²) in [6.07, 6.45) is 3.59. The number of carboxylic acids is 1. The van der Waals surface area contributed by atoms with Gasteiger partial charge in [0.15, 0.2) is 0 Å².